The van der Waals surface area contributed by atoms with E-state index in [1.165, 1.54) is 16.7 Å². The van der Waals surface area contributed by atoms with E-state index in [1.807, 2.05) is 85.8 Å². The topological polar surface area (TPSA) is 75.2 Å². The van der Waals surface area contributed by atoms with E-state index in [0.717, 1.165) is 27.6 Å². The third-order valence-electron chi connectivity index (χ3n) is 5.17. The van der Waals surface area contributed by atoms with Gasteiger partial charge < -0.3 is 10.2 Å². The monoisotopic (exact) mass is 456 g/mol. The van der Waals surface area contributed by atoms with Crippen molar-refractivity contribution >= 4 is 40.0 Å². The SMILES string of the molecule is Cc1ccc(NC(=O)CN(C)C(=O)CSc2nnc(-c3ccccc3)c3ccccc23)cc1. The van der Waals surface area contributed by atoms with Gasteiger partial charge in [-0.05, 0) is 19.1 Å². The van der Waals surface area contributed by atoms with Crippen LogP contribution in [0.1, 0.15) is 5.56 Å². The zero-order valence-electron chi connectivity index (χ0n) is 18.5. The number of anilines is 1. The van der Waals surface area contributed by atoms with Crippen LogP contribution in [0.25, 0.3) is 22.0 Å². The molecule has 7 heteroatoms. The van der Waals surface area contributed by atoms with E-state index in [1.54, 1.807) is 7.05 Å². The molecule has 4 aromatic rings. The zero-order chi connectivity index (χ0) is 23.2. The van der Waals surface area contributed by atoms with E-state index >= 15 is 0 Å². The molecule has 0 fully saturated rings. The number of hydrogen-bond acceptors (Lipinski definition) is 5. The summed E-state index contributed by atoms with van der Waals surface area (Å²) in [5, 5.41) is 14.3. The van der Waals surface area contributed by atoms with Gasteiger partial charge >= 0.3 is 0 Å². The minimum atomic E-state index is -0.239. The number of nitrogens with zero attached hydrogens (tertiary/aromatic N) is 3. The lowest BCUT2D eigenvalue weighted by molar-refractivity contribution is -0.131. The Kier molecular flexibility index (Phi) is 7.00. The highest BCUT2D eigenvalue weighted by Gasteiger charge is 2.16. The second-order valence-electron chi connectivity index (χ2n) is 7.72. The summed E-state index contributed by atoms with van der Waals surface area (Å²) >= 11 is 1.33. The number of fused-ring (bicyclic) bond motifs is 1. The first-order valence-corrected chi connectivity index (χ1v) is 11.5. The van der Waals surface area contributed by atoms with E-state index in [2.05, 4.69) is 15.5 Å². The summed E-state index contributed by atoms with van der Waals surface area (Å²) in [4.78, 5) is 26.4. The molecule has 0 aliphatic heterocycles. The highest BCUT2D eigenvalue weighted by molar-refractivity contribution is 8.00. The lowest BCUT2D eigenvalue weighted by Crippen LogP contribution is -2.35. The molecular formula is C26H24N4O2S. The zero-order valence-corrected chi connectivity index (χ0v) is 19.3. The van der Waals surface area contributed by atoms with Gasteiger partial charge in [-0.2, -0.15) is 0 Å². The smallest absolute Gasteiger partial charge is 0.243 e. The normalized spacial score (nSPS) is 10.7. The average molecular weight is 457 g/mol. The lowest BCUT2D eigenvalue weighted by atomic mass is 10.1. The number of benzene rings is 3. The van der Waals surface area contributed by atoms with Gasteiger partial charge in [0, 0.05) is 29.1 Å². The van der Waals surface area contributed by atoms with Crippen molar-refractivity contribution in [3.05, 3.63) is 84.4 Å². The number of amides is 2. The number of hydrogen-bond donors (Lipinski definition) is 1. The summed E-state index contributed by atoms with van der Waals surface area (Å²) in [7, 11) is 1.62. The maximum absolute atomic E-state index is 12.7. The Hall–Kier alpha value is -3.71. The van der Waals surface area contributed by atoms with Gasteiger partial charge in [0.2, 0.25) is 11.8 Å². The molecule has 2 amide bonds. The molecule has 4 rings (SSSR count). The molecule has 166 valence electrons. The minimum Gasteiger partial charge on any atom is -0.336 e. The highest BCUT2D eigenvalue weighted by Crippen LogP contribution is 2.31. The number of nitrogens with one attached hydrogen (secondary N) is 1. The van der Waals surface area contributed by atoms with Crippen molar-refractivity contribution in [2.24, 2.45) is 0 Å². The van der Waals surface area contributed by atoms with Gasteiger partial charge in [0.15, 0.2) is 0 Å². The third kappa shape index (κ3) is 5.56. The fourth-order valence-corrected chi connectivity index (χ4v) is 4.29. The lowest BCUT2D eigenvalue weighted by Gasteiger charge is -2.17. The summed E-state index contributed by atoms with van der Waals surface area (Å²) in [6, 6.07) is 25.4. The maximum atomic E-state index is 12.7. The maximum Gasteiger partial charge on any atom is 0.243 e. The molecule has 0 saturated heterocycles. The summed E-state index contributed by atoms with van der Waals surface area (Å²) in [6.45, 7) is 1.96. The average Bonchev–Trinajstić information content (AvgIpc) is 2.84. The van der Waals surface area contributed by atoms with Gasteiger partial charge in [-0.1, -0.05) is 84.1 Å². The Morgan fingerprint density at radius 2 is 1.55 bits per heavy atom. The van der Waals surface area contributed by atoms with Crippen LogP contribution in [0.2, 0.25) is 0 Å². The molecule has 1 heterocycles. The number of aromatic nitrogens is 2. The molecule has 33 heavy (non-hydrogen) atoms. The van der Waals surface area contributed by atoms with Gasteiger partial charge in [-0.25, -0.2) is 0 Å². The van der Waals surface area contributed by atoms with Gasteiger partial charge in [0.1, 0.15) is 10.7 Å². The first-order chi connectivity index (χ1) is 16.0. The molecule has 0 bridgehead atoms. The Labute approximate surface area is 197 Å². The minimum absolute atomic E-state index is 0.0212. The predicted octanol–water partition coefficient (Wildman–Crippen LogP) is 4.79. The van der Waals surface area contributed by atoms with E-state index in [9.17, 15) is 9.59 Å². The van der Waals surface area contributed by atoms with Crippen molar-refractivity contribution < 1.29 is 9.59 Å². The Morgan fingerprint density at radius 3 is 2.27 bits per heavy atom. The number of carbonyl (C=O) groups is 2. The van der Waals surface area contributed by atoms with Crippen LogP contribution in [-0.4, -0.2) is 46.3 Å². The van der Waals surface area contributed by atoms with Crippen LogP contribution in [0.15, 0.2) is 83.9 Å². The molecule has 0 saturated carbocycles. The van der Waals surface area contributed by atoms with E-state index in [0.29, 0.717) is 10.7 Å². The predicted molar refractivity (Wildman–Crippen MR) is 133 cm³/mol. The highest BCUT2D eigenvalue weighted by atomic mass is 32.2. The van der Waals surface area contributed by atoms with Crippen molar-refractivity contribution in [1.29, 1.82) is 0 Å². The number of aryl methyl sites for hydroxylation is 1. The second kappa shape index (κ2) is 10.3. The number of rotatable bonds is 7. The van der Waals surface area contributed by atoms with Crippen LogP contribution < -0.4 is 5.32 Å². The molecule has 0 atom stereocenters. The van der Waals surface area contributed by atoms with Crippen LogP contribution in [0.4, 0.5) is 5.69 Å². The molecule has 0 aliphatic rings. The van der Waals surface area contributed by atoms with Crippen LogP contribution in [0.5, 0.6) is 0 Å². The molecular weight excluding hydrogens is 432 g/mol. The summed E-state index contributed by atoms with van der Waals surface area (Å²) in [6.07, 6.45) is 0. The number of thioether (sulfide) groups is 1. The van der Waals surface area contributed by atoms with Crippen molar-refractivity contribution in [2.75, 3.05) is 24.7 Å². The van der Waals surface area contributed by atoms with Crippen LogP contribution in [0.3, 0.4) is 0 Å². The molecule has 0 aliphatic carbocycles. The second-order valence-corrected chi connectivity index (χ2v) is 8.68. The van der Waals surface area contributed by atoms with Gasteiger partial charge in [0.05, 0.1) is 12.3 Å². The first-order valence-electron chi connectivity index (χ1n) is 10.6. The van der Waals surface area contributed by atoms with Crippen molar-refractivity contribution in [3.63, 3.8) is 0 Å². The number of likely N-dealkylation sites (N-methyl/N-ethyl adjacent to an activating group) is 1. The molecule has 3 aromatic carbocycles. The van der Waals surface area contributed by atoms with Gasteiger partial charge in [-0.15, -0.1) is 10.2 Å². The molecule has 0 spiro atoms. The molecule has 0 unspecified atom stereocenters. The fraction of sp³-hybridized carbons (Fsp3) is 0.154. The Morgan fingerprint density at radius 1 is 0.879 bits per heavy atom. The fourth-order valence-electron chi connectivity index (χ4n) is 3.38. The van der Waals surface area contributed by atoms with Crippen LogP contribution in [-0.2, 0) is 9.59 Å². The Bertz CT molecular complexity index is 1280. The van der Waals surface area contributed by atoms with Crippen molar-refractivity contribution in [1.82, 2.24) is 15.1 Å². The van der Waals surface area contributed by atoms with Gasteiger partial charge in [0.25, 0.3) is 0 Å². The van der Waals surface area contributed by atoms with Crippen LogP contribution >= 0.6 is 11.8 Å². The molecule has 1 N–H and O–H groups in total. The van der Waals surface area contributed by atoms with Crippen molar-refractivity contribution in [2.45, 2.75) is 11.9 Å². The first kappa shape index (κ1) is 22.5. The summed E-state index contributed by atoms with van der Waals surface area (Å²) < 4.78 is 0. The van der Waals surface area contributed by atoms with Crippen molar-refractivity contribution in [3.8, 4) is 11.3 Å². The van der Waals surface area contributed by atoms with Gasteiger partial charge in [-0.3, -0.25) is 9.59 Å². The standard InChI is InChI=1S/C26H24N4O2S/c1-18-12-14-20(15-13-18)27-23(31)16-30(2)24(32)17-33-26-22-11-7-6-10-21(22)25(28-29-26)19-8-4-3-5-9-19/h3-15H,16-17H2,1-2H3,(H,27,31). The largest absolute Gasteiger partial charge is 0.336 e. The van der Waals surface area contributed by atoms with Crippen LogP contribution in [0, 0.1) is 6.92 Å². The van der Waals surface area contributed by atoms with E-state index in [4.69, 9.17) is 0 Å². The summed E-state index contributed by atoms with van der Waals surface area (Å²) in [5.74, 6) is -0.230. The molecule has 0 radical (unpaired) electrons. The third-order valence-corrected chi connectivity index (χ3v) is 6.14. The Balaban J connectivity index is 1.41. The quantitative estimate of drug-likeness (QED) is 0.405. The van der Waals surface area contributed by atoms with E-state index in [-0.39, 0.29) is 24.1 Å². The van der Waals surface area contributed by atoms with E-state index < -0.39 is 0 Å². The molecule has 6 nitrogen and oxygen atoms in total. The summed E-state index contributed by atoms with van der Waals surface area (Å²) in [5.41, 5.74) is 3.63. The number of carbonyl (C=O) groups excluding carboxylic acids is 2. The molecule has 1 aromatic heterocycles.